The van der Waals surface area contributed by atoms with E-state index >= 15 is 0 Å². The van der Waals surface area contributed by atoms with Gasteiger partial charge in [0.05, 0.1) is 5.69 Å². The van der Waals surface area contributed by atoms with Crippen LogP contribution in [0.1, 0.15) is 12.6 Å². The molecule has 0 amide bonds. The molecular weight excluding hydrogens is 194 g/mol. The number of nitrogens with zero attached hydrogens (tertiary/aromatic N) is 5. The van der Waals surface area contributed by atoms with Gasteiger partial charge < -0.3 is 11.6 Å². The zero-order valence-electron chi connectivity index (χ0n) is 8.68. The van der Waals surface area contributed by atoms with Crippen molar-refractivity contribution in [2.45, 2.75) is 13.3 Å². The van der Waals surface area contributed by atoms with Gasteiger partial charge in [0.15, 0.2) is 0 Å². The van der Waals surface area contributed by atoms with E-state index in [1.54, 1.807) is 4.68 Å². The summed E-state index contributed by atoms with van der Waals surface area (Å²) in [6, 6.07) is 1.92. The van der Waals surface area contributed by atoms with E-state index in [1.807, 2.05) is 20.0 Å². The van der Waals surface area contributed by atoms with Crippen molar-refractivity contribution in [2.75, 3.05) is 11.6 Å². The summed E-state index contributed by atoms with van der Waals surface area (Å²) in [6.45, 7) is 2.04. The summed E-state index contributed by atoms with van der Waals surface area (Å²) < 4.78 is 2.96. The third-order valence-corrected chi connectivity index (χ3v) is 2.24. The van der Waals surface area contributed by atoms with E-state index in [0.29, 0.717) is 5.82 Å². The van der Waals surface area contributed by atoms with Crippen molar-refractivity contribution in [3.63, 3.8) is 0 Å². The third-order valence-electron chi connectivity index (χ3n) is 2.24. The minimum atomic E-state index is 0.184. The first-order valence-corrected chi connectivity index (χ1v) is 4.62. The molecule has 0 aliphatic carbocycles. The number of aromatic nitrogens is 5. The fourth-order valence-corrected chi connectivity index (χ4v) is 1.39. The molecule has 0 spiro atoms. The van der Waals surface area contributed by atoms with Crippen molar-refractivity contribution in [3.05, 3.63) is 11.8 Å². The smallest absolute Gasteiger partial charge is 0.241 e. The Balaban J connectivity index is 2.53. The number of nitrogen functional groups attached to an aromatic ring is 2. The first-order chi connectivity index (χ1) is 7.13. The fraction of sp³-hybridized carbons (Fsp3) is 0.375. The van der Waals surface area contributed by atoms with Crippen molar-refractivity contribution in [2.24, 2.45) is 7.05 Å². The van der Waals surface area contributed by atoms with Gasteiger partial charge in [-0.25, -0.2) is 4.68 Å². The summed E-state index contributed by atoms with van der Waals surface area (Å²) in [5.74, 6) is 6.38. The molecule has 2 heterocycles. The van der Waals surface area contributed by atoms with E-state index in [2.05, 4.69) is 15.3 Å². The Kier molecular flexibility index (Phi) is 2.07. The van der Waals surface area contributed by atoms with Crippen molar-refractivity contribution >= 4 is 5.95 Å². The molecule has 0 aromatic carbocycles. The van der Waals surface area contributed by atoms with Crippen molar-refractivity contribution in [3.8, 4) is 11.5 Å². The molecule has 0 atom stereocenters. The monoisotopic (exact) mass is 207 g/mol. The molecule has 2 aromatic heterocycles. The highest BCUT2D eigenvalue weighted by Gasteiger charge is 2.14. The van der Waals surface area contributed by atoms with E-state index in [0.717, 1.165) is 17.8 Å². The van der Waals surface area contributed by atoms with Crippen LogP contribution in [0.4, 0.5) is 5.95 Å². The number of hydrogen-bond donors (Lipinski definition) is 2. The number of anilines is 1. The molecule has 15 heavy (non-hydrogen) atoms. The second-order valence-electron chi connectivity index (χ2n) is 3.25. The Bertz CT molecular complexity index is 481. The van der Waals surface area contributed by atoms with Crippen LogP contribution in [0.3, 0.4) is 0 Å². The van der Waals surface area contributed by atoms with Crippen molar-refractivity contribution < 1.29 is 0 Å². The lowest BCUT2D eigenvalue weighted by molar-refractivity contribution is 0.745. The zero-order valence-corrected chi connectivity index (χ0v) is 8.68. The molecule has 2 rings (SSSR count). The Morgan fingerprint density at radius 1 is 1.40 bits per heavy atom. The summed E-state index contributed by atoms with van der Waals surface area (Å²) in [6.07, 6.45) is 0.863. The molecule has 0 saturated carbocycles. The Morgan fingerprint density at radius 3 is 2.60 bits per heavy atom. The lowest BCUT2D eigenvalue weighted by atomic mass is 10.3. The Morgan fingerprint density at radius 2 is 2.13 bits per heavy atom. The lowest BCUT2D eigenvalue weighted by Crippen LogP contribution is -2.14. The van der Waals surface area contributed by atoms with Crippen molar-refractivity contribution in [1.82, 2.24) is 24.7 Å². The normalized spacial score (nSPS) is 10.8. The molecule has 0 bridgehead atoms. The van der Waals surface area contributed by atoms with Gasteiger partial charge in [-0.05, 0) is 12.5 Å². The largest absolute Gasteiger partial charge is 0.366 e. The van der Waals surface area contributed by atoms with Crippen LogP contribution in [-0.4, -0.2) is 24.7 Å². The third kappa shape index (κ3) is 1.41. The van der Waals surface area contributed by atoms with Gasteiger partial charge in [-0.1, -0.05) is 6.92 Å². The molecule has 7 nitrogen and oxygen atoms in total. The molecular formula is C8H13N7. The van der Waals surface area contributed by atoms with E-state index in [-0.39, 0.29) is 5.95 Å². The van der Waals surface area contributed by atoms with Gasteiger partial charge >= 0.3 is 0 Å². The SMILES string of the molecule is CCc1cc(-c2nnc(N)n2N)n(C)n1. The standard InChI is InChI=1S/C8H13N7/c1-3-5-4-6(14(2)13-5)7-11-12-8(9)15(7)10/h4H,3,10H2,1-2H3,(H2,9,12). The maximum atomic E-state index is 5.68. The molecule has 7 heteroatoms. The summed E-state index contributed by atoms with van der Waals surface area (Å²) in [5.41, 5.74) is 7.29. The first kappa shape index (κ1) is 9.50. The number of nitrogens with two attached hydrogens (primary N) is 2. The topological polar surface area (TPSA) is 101 Å². The van der Waals surface area contributed by atoms with E-state index in [1.165, 1.54) is 4.68 Å². The molecule has 4 N–H and O–H groups in total. The molecule has 0 unspecified atom stereocenters. The summed E-state index contributed by atoms with van der Waals surface area (Å²) >= 11 is 0. The van der Waals surface area contributed by atoms with Crippen LogP contribution < -0.4 is 11.6 Å². The second-order valence-corrected chi connectivity index (χ2v) is 3.25. The van der Waals surface area contributed by atoms with E-state index < -0.39 is 0 Å². The minimum Gasteiger partial charge on any atom is -0.366 e. The fourth-order valence-electron chi connectivity index (χ4n) is 1.39. The molecule has 2 aromatic rings. The van der Waals surface area contributed by atoms with Crippen LogP contribution >= 0.6 is 0 Å². The highest BCUT2D eigenvalue weighted by Crippen LogP contribution is 2.17. The van der Waals surface area contributed by atoms with Crippen LogP contribution in [0, 0.1) is 0 Å². The van der Waals surface area contributed by atoms with Gasteiger partial charge in [0.1, 0.15) is 5.69 Å². The zero-order chi connectivity index (χ0) is 11.0. The highest BCUT2D eigenvalue weighted by atomic mass is 15.5. The Labute approximate surface area is 86.7 Å². The average Bonchev–Trinajstić information content (AvgIpc) is 2.73. The molecule has 0 saturated heterocycles. The van der Waals surface area contributed by atoms with Gasteiger partial charge in [0.25, 0.3) is 0 Å². The molecule has 0 fully saturated rings. The van der Waals surface area contributed by atoms with Gasteiger partial charge in [0.2, 0.25) is 11.8 Å². The number of rotatable bonds is 2. The van der Waals surface area contributed by atoms with Crippen LogP contribution in [0.2, 0.25) is 0 Å². The molecule has 0 aliphatic rings. The van der Waals surface area contributed by atoms with Crippen LogP contribution in [0.25, 0.3) is 11.5 Å². The number of hydrogen-bond acceptors (Lipinski definition) is 5. The second kappa shape index (κ2) is 3.26. The van der Waals surface area contributed by atoms with Crippen LogP contribution in [0.15, 0.2) is 6.07 Å². The summed E-state index contributed by atoms with van der Waals surface area (Å²) in [4.78, 5) is 0. The lowest BCUT2D eigenvalue weighted by Gasteiger charge is -2.00. The Hall–Kier alpha value is -2.05. The van der Waals surface area contributed by atoms with Gasteiger partial charge in [-0.3, -0.25) is 4.68 Å². The minimum absolute atomic E-state index is 0.184. The first-order valence-electron chi connectivity index (χ1n) is 4.62. The summed E-state index contributed by atoms with van der Waals surface area (Å²) in [7, 11) is 1.83. The molecule has 0 radical (unpaired) electrons. The van der Waals surface area contributed by atoms with Gasteiger partial charge in [-0.2, -0.15) is 5.10 Å². The number of aryl methyl sites for hydroxylation is 2. The highest BCUT2D eigenvalue weighted by molar-refractivity contribution is 5.52. The quantitative estimate of drug-likeness (QED) is 0.649. The van der Waals surface area contributed by atoms with E-state index in [9.17, 15) is 0 Å². The van der Waals surface area contributed by atoms with Crippen LogP contribution in [0.5, 0.6) is 0 Å². The maximum absolute atomic E-state index is 5.68. The van der Waals surface area contributed by atoms with Crippen LogP contribution in [-0.2, 0) is 13.5 Å². The molecule has 0 aliphatic heterocycles. The predicted octanol–water partition coefficient (Wildman–Crippen LogP) is -0.463. The average molecular weight is 207 g/mol. The van der Waals surface area contributed by atoms with Gasteiger partial charge in [-0.15, -0.1) is 10.2 Å². The summed E-state index contributed by atoms with van der Waals surface area (Å²) in [5, 5.41) is 11.9. The predicted molar refractivity (Wildman–Crippen MR) is 56.2 cm³/mol. The maximum Gasteiger partial charge on any atom is 0.241 e. The van der Waals surface area contributed by atoms with Gasteiger partial charge in [0, 0.05) is 7.05 Å². The van der Waals surface area contributed by atoms with E-state index in [4.69, 9.17) is 11.6 Å². The van der Waals surface area contributed by atoms with Crippen molar-refractivity contribution in [1.29, 1.82) is 0 Å². The molecule has 80 valence electrons.